The zero-order valence-electron chi connectivity index (χ0n) is 17.4. The van der Waals surface area contributed by atoms with E-state index in [1.807, 2.05) is 66.4 Å². The van der Waals surface area contributed by atoms with Gasteiger partial charge in [0.2, 0.25) is 0 Å². The maximum atomic E-state index is 13.4. The van der Waals surface area contributed by atoms with Crippen LogP contribution in [0.25, 0.3) is 0 Å². The molecule has 4 rings (SSSR count). The van der Waals surface area contributed by atoms with Gasteiger partial charge < -0.3 is 15.0 Å². The number of nitrogens with zero attached hydrogens (tertiary/aromatic N) is 1. The molecule has 1 unspecified atom stereocenters. The van der Waals surface area contributed by atoms with Gasteiger partial charge in [-0.1, -0.05) is 54.6 Å². The van der Waals surface area contributed by atoms with Gasteiger partial charge in [0.15, 0.2) is 0 Å². The molecule has 0 aromatic heterocycles. The third-order valence-electron chi connectivity index (χ3n) is 5.59. The lowest BCUT2D eigenvalue weighted by atomic mass is 9.86. The molecule has 0 fully saturated rings. The summed E-state index contributed by atoms with van der Waals surface area (Å²) in [5, 5.41) is 3.08. The summed E-state index contributed by atoms with van der Waals surface area (Å²) in [5.74, 6) is 0.851. The maximum absolute atomic E-state index is 13.4. The Balaban J connectivity index is 1.62. The Hall–Kier alpha value is -3.27. The molecule has 0 heterocycles. The third kappa shape index (κ3) is 4.65. The molecular formula is C26H28N2O2. The first-order valence-corrected chi connectivity index (χ1v) is 10.7. The second kappa shape index (κ2) is 9.49. The van der Waals surface area contributed by atoms with Crippen molar-refractivity contribution in [2.75, 3.05) is 11.9 Å². The molecule has 0 aliphatic heterocycles. The van der Waals surface area contributed by atoms with E-state index in [-0.39, 0.29) is 12.1 Å². The lowest BCUT2D eigenvalue weighted by molar-refractivity contribution is 0.175. The van der Waals surface area contributed by atoms with Gasteiger partial charge in [0, 0.05) is 12.2 Å². The van der Waals surface area contributed by atoms with Gasteiger partial charge in [-0.15, -0.1) is 0 Å². The van der Waals surface area contributed by atoms with Gasteiger partial charge in [-0.25, -0.2) is 4.79 Å². The largest absolute Gasteiger partial charge is 0.494 e. The quantitative estimate of drug-likeness (QED) is 0.535. The highest BCUT2D eigenvalue weighted by Crippen LogP contribution is 2.35. The molecular weight excluding hydrogens is 372 g/mol. The number of ether oxygens (including phenoxy) is 1. The molecule has 0 saturated heterocycles. The number of anilines is 1. The Labute approximate surface area is 178 Å². The summed E-state index contributed by atoms with van der Waals surface area (Å²) in [6, 6.07) is 26.2. The minimum atomic E-state index is -0.0724. The lowest BCUT2D eigenvalue weighted by Crippen LogP contribution is -2.39. The molecule has 0 bridgehead atoms. The van der Waals surface area contributed by atoms with Gasteiger partial charge in [0.1, 0.15) is 5.75 Å². The Kier molecular flexibility index (Phi) is 6.33. The SMILES string of the molecule is CCOc1ccc(CN(C(=O)Nc2ccccc2)C2CCCc3ccccc32)cc1. The van der Waals surface area contributed by atoms with Crippen molar-refractivity contribution in [3.63, 3.8) is 0 Å². The lowest BCUT2D eigenvalue weighted by Gasteiger charge is -2.36. The summed E-state index contributed by atoms with van der Waals surface area (Å²) in [6.45, 7) is 3.16. The van der Waals surface area contributed by atoms with Crippen LogP contribution in [0.1, 0.15) is 42.5 Å². The van der Waals surface area contributed by atoms with Crippen LogP contribution in [-0.2, 0) is 13.0 Å². The van der Waals surface area contributed by atoms with E-state index in [0.29, 0.717) is 13.2 Å². The van der Waals surface area contributed by atoms with Crippen molar-refractivity contribution in [3.05, 3.63) is 95.6 Å². The topological polar surface area (TPSA) is 41.6 Å². The number of para-hydroxylation sites is 1. The number of hydrogen-bond donors (Lipinski definition) is 1. The Morgan fingerprint density at radius 2 is 1.73 bits per heavy atom. The van der Waals surface area contributed by atoms with Gasteiger partial charge in [-0.05, 0) is 67.1 Å². The van der Waals surface area contributed by atoms with Crippen LogP contribution < -0.4 is 10.1 Å². The Bertz CT molecular complexity index is 970. The average molecular weight is 401 g/mol. The molecule has 2 amide bonds. The van der Waals surface area contributed by atoms with E-state index >= 15 is 0 Å². The zero-order valence-corrected chi connectivity index (χ0v) is 17.4. The number of carbonyl (C=O) groups is 1. The van der Waals surface area contributed by atoms with Crippen molar-refractivity contribution < 1.29 is 9.53 Å². The van der Waals surface area contributed by atoms with Gasteiger partial charge in [0.05, 0.1) is 12.6 Å². The molecule has 1 aliphatic carbocycles. The second-order valence-corrected chi connectivity index (χ2v) is 7.61. The molecule has 0 radical (unpaired) electrons. The zero-order chi connectivity index (χ0) is 20.8. The number of aryl methyl sites for hydroxylation is 1. The number of carbonyl (C=O) groups excluding carboxylic acids is 1. The minimum absolute atomic E-state index is 0.0604. The fourth-order valence-corrected chi connectivity index (χ4v) is 4.15. The summed E-state index contributed by atoms with van der Waals surface area (Å²) < 4.78 is 5.56. The number of rotatable bonds is 6. The highest BCUT2D eigenvalue weighted by atomic mass is 16.5. The molecule has 0 spiro atoms. The molecule has 0 saturated carbocycles. The predicted molar refractivity (Wildman–Crippen MR) is 121 cm³/mol. The van der Waals surface area contributed by atoms with Crippen LogP contribution in [0.3, 0.4) is 0 Å². The molecule has 3 aromatic rings. The van der Waals surface area contributed by atoms with E-state index in [0.717, 1.165) is 36.3 Å². The summed E-state index contributed by atoms with van der Waals surface area (Å²) in [7, 11) is 0. The first kappa shape index (κ1) is 20.0. The van der Waals surface area contributed by atoms with Crippen molar-refractivity contribution in [2.24, 2.45) is 0 Å². The van der Waals surface area contributed by atoms with Gasteiger partial charge in [-0.3, -0.25) is 0 Å². The smallest absolute Gasteiger partial charge is 0.322 e. The van der Waals surface area contributed by atoms with E-state index in [9.17, 15) is 4.79 Å². The summed E-state index contributed by atoms with van der Waals surface area (Å²) in [4.78, 5) is 15.4. The molecule has 1 atom stereocenters. The Morgan fingerprint density at radius 1 is 1.00 bits per heavy atom. The molecule has 1 aliphatic rings. The number of amides is 2. The highest BCUT2D eigenvalue weighted by molar-refractivity contribution is 5.89. The number of urea groups is 1. The third-order valence-corrected chi connectivity index (χ3v) is 5.59. The summed E-state index contributed by atoms with van der Waals surface area (Å²) in [5.41, 5.74) is 4.50. The number of hydrogen-bond acceptors (Lipinski definition) is 2. The molecule has 154 valence electrons. The molecule has 4 heteroatoms. The molecule has 1 N–H and O–H groups in total. The standard InChI is InChI=1S/C26H28N2O2/c1-2-30-23-17-15-20(16-18-23)19-28(26(29)27-22-11-4-3-5-12-22)25-14-8-10-21-9-6-7-13-24(21)25/h3-7,9,11-13,15-18,25H,2,8,10,14,19H2,1H3,(H,27,29). The van der Waals surface area contributed by atoms with Gasteiger partial charge in [-0.2, -0.15) is 0 Å². The molecule has 4 nitrogen and oxygen atoms in total. The first-order valence-electron chi connectivity index (χ1n) is 10.7. The van der Waals surface area contributed by atoms with E-state index in [2.05, 4.69) is 29.6 Å². The van der Waals surface area contributed by atoms with Crippen molar-refractivity contribution in [2.45, 2.75) is 38.8 Å². The Morgan fingerprint density at radius 3 is 2.50 bits per heavy atom. The number of fused-ring (bicyclic) bond motifs is 1. The van der Waals surface area contributed by atoms with Gasteiger partial charge in [0.25, 0.3) is 0 Å². The van der Waals surface area contributed by atoms with E-state index in [1.54, 1.807) is 0 Å². The highest BCUT2D eigenvalue weighted by Gasteiger charge is 2.29. The normalized spacial score (nSPS) is 15.2. The predicted octanol–water partition coefficient (Wildman–Crippen LogP) is 6.20. The monoisotopic (exact) mass is 400 g/mol. The fourth-order valence-electron chi connectivity index (χ4n) is 4.15. The van der Waals surface area contributed by atoms with E-state index < -0.39 is 0 Å². The van der Waals surface area contributed by atoms with Crippen LogP contribution in [-0.4, -0.2) is 17.5 Å². The second-order valence-electron chi connectivity index (χ2n) is 7.61. The average Bonchev–Trinajstić information content (AvgIpc) is 2.79. The van der Waals surface area contributed by atoms with Gasteiger partial charge >= 0.3 is 6.03 Å². The van der Waals surface area contributed by atoms with E-state index in [1.165, 1.54) is 11.1 Å². The molecule has 3 aromatic carbocycles. The minimum Gasteiger partial charge on any atom is -0.494 e. The summed E-state index contributed by atoms with van der Waals surface area (Å²) >= 11 is 0. The number of nitrogens with one attached hydrogen (secondary N) is 1. The fraction of sp³-hybridized carbons (Fsp3) is 0.269. The van der Waals surface area contributed by atoms with Crippen LogP contribution >= 0.6 is 0 Å². The van der Waals surface area contributed by atoms with Crippen LogP contribution in [0.2, 0.25) is 0 Å². The van der Waals surface area contributed by atoms with Crippen LogP contribution in [0.5, 0.6) is 5.75 Å². The van der Waals surface area contributed by atoms with Crippen molar-refractivity contribution in [1.29, 1.82) is 0 Å². The van der Waals surface area contributed by atoms with Crippen molar-refractivity contribution >= 4 is 11.7 Å². The first-order chi connectivity index (χ1) is 14.7. The van der Waals surface area contributed by atoms with Crippen LogP contribution in [0, 0.1) is 0 Å². The van der Waals surface area contributed by atoms with E-state index in [4.69, 9.17) is 4.74 Å². The van der Waals surface area contributed by atoms with Crippen LogP contribution in [0.4, 0.5) is 10.5 Å². The number of benzene rings is 3. The van der Waals surface area contributed by atoms with Crippen molar-refractivity contribution in [1.82, 2.24) is 4.90 Å². The van der Waals surface area contributed by atoms with Crippen molar-refractivity contribution in [3.8, 4) is 5.75 Å². The molecule has 30 heavy (non-hydrogen) atoms. The maximum Gasteiger partial charge on any atom is 0.322 e. The summed E-state index contributed by atoms with van der Waals surface area (Å²) in [6.07, 6.45) is 3.13. The van der Waals surface area contributed by atoms with Crippen LogP contribution in [0.15, 0.2) is 78.9 Å².